The van der Waals surface area contributed by atoms with Gasteiger partial charge in [-0.25, -0.2) is 0 Å². The number of hydrogen-bond acceptors (Lipinski definition) is 3. The topological polar surface area (TPSA) is 46.0 Å². The number of halogens is 2. The zero-order chi connectivity index (χ0) is 11.5. The highest BCUT2D eigenvalue weighted by atomic mass is 79.9. The minimum absolute atomic E-state index is 0.505. The molecular weight excluding hydrogens is 291 g/mol. The molecule has 0 bridgehead atoms. The van der Waals surface area contributed by atoms with E-state index in [0.29, 0.717) is 16.3 Å². The number of aromatic nitrogens is 2. The van der Waals surface area contributed by atoms with Gasteiger partial charge in [0.1, 0.15) is 6.10 Å². The normalized spacial score (nSPS) is 12.4. The highest BCUT2D eigenvalue weighted by Crippen LogP contribution is 2.29. The van der Waals surface area contributed by atoms with Crippen molar-refractivity contribution in [2.24, 2.45) is 0 Å². The largest absolute Gasteiger partial charge is 0.382 e. The Bertz CT molecular complexity index is 493. The Kier molecular flexibility index (Phi) is 3.53. The molecule has 2 aromatic rings. The Hall–Kier alpha value is -0.970. The predicted molar refractivity (Wildman–Crippen MR) is 65.2 cm³/mol. The lowest BCUT2D eigenvalue weighted by molar-refractivity contribution is 0.214. The van der Waals surface area contributed by atoms with Crippen molar-refractivity contribution in [1.82, 2.24) is 9.97 Å². The van der Waals surface area contributed by atoms with Crippen LogP contribution in [0.25, 0.3) is 0 Å². The van der Waals surface area contributed by atoms with E-state index in [1.807, 2.05) is 0 Å². The van der Waals surface area contributed by atoms with E-state index >= 15 is 0 Å². The van der Waals surface area contributed by atoms with Crippen LogP contribution in [0.5, 0.6) is 0 Å². The zero-order valence-electron chi connectivity index (χ0n) is 8.14. The molecule has 5 heteroatoms. The molecule has 0 aliphatic rings. The molecular formula is C11H8BrClN2O. The first-order valence-corrected chi connectivity index (χ1v) is 5.74. The molecule has 0 fully saturated rings. The standard InChI is InChI=1S/C11H8BrClN2O/c12-9-5-7(13)1-2-8(9)11(16)10-6-14-3-4-15-10/h1-6,11,16H. The third-order valence-electron chi connectivity index (χ3n) is 2.12. The molecule has 1 aromatic heterocycles. The van der Waals surface area contributed by atoms with Crippen LogP contribution in [-0.2, 0) is 0 Å². The van der Waals surface area contributed by atoms with Crippen LogP contribution in [0.15, 0.2) is 41.3 Å². The molecule has 1 unspecified atom stereocenters. The van der Waals surface area contributed by atoms with Gasteiger partial charge in [0.2, 0.25) is 0 Å². The van der Waals surface area contributed by atoms with Gasteiger partial charge >= 0.3 is 0 Å². The van der Waals surface area contributed by atoms with Gasteiger partial charge in [0.15, 0.2) is 0 Å². The molecule has 82 valence electrons. The Balaban J connectivity index is 2.38. The van der Waals surface area contributed by atoms with Crippen molar-refractivity contribution in [2.75, 3.05) is 0 Å². The van der Waals surface area contributed by atoms with Gasteiger partial charge in [-0.1, -0.05) is 33.6 Å². The number of aliphatic hydroxyl groups excluding tert-OH is 1. The Morgan fingerprint density at radius 2 is 2.12 bits per heavy atom. The molecule has 0 aliphatic heterocycles. The Labute approximate surface area is 106 Å². The molecule has 16 heavy (non-hydrogen) atoms. The summed E-state index contributed by atoms with van der Waals surface area (Å²) in [4.78, 5) is 7.97. The van der Waals surface area contributed by atoms with Crippen LogP contribution >= 0.6 is 27.5 Å². The molecule has 0 radical (unpaired) electrons. The van der Waals surface area contributed by atoms with Gasteiger partial charge < -0.3 is 5.11 Å². The maximum absolute atomic E-state index is 10.1. The number of rotatable bonds is 2. The summed E-state index contributed by atoms with van der Waals surface area (Å²) in [5.74, 6) is 0. The molecule has 3 nitrogen and oxygen atoms in total. The third kappa shape index (κ3) is 2.40. The van der Waals surface area contributed by atoms with Crippen molar-refractivity contribution in [3.8, 4) is 0 Å². The third-order valence-corrected chi connectivity index (χ3v) is 3.04. The van der Waals surface area contributed by atoms with Crippen molar-refractivity contribution < 1.29 is 5.11 Å². The van der Waals surface area contributed by atoms with E-state index in [1.54, 1.807) is 30.6 Å². The van der Waals surface area contributed by atoms with Crippen LogP contribution in [0.2, 0.25) is 5.02 Å². The summed E-state index contributed by atoms with van der Waals surface area (Å²) in [6.45, 7) is 0. The van der Waals surface area contributed by atoms with E-state index in [4.69, 9.17) is 11.6 Å². The van der Waals surface area contributed by atoms with Gasteiger partial charge in [-0.05, 0) is 12.1 Å². The number of hydrogen-bond donors (Lipinski definition) is 1. The average Bonchev–Trinajstić information content (AvgIpc) is 2.29. The lowest BCUT2D eigenvalue weighted by Gasteiger charge is -2.11. The van der Waals surface area contributed by atoms with Gasteiger partial charge in [-0.15, -0.1) is 0 Å². The molecule has 0 aliphatic carbocycles. The van der Waals surface area contributed by atoms with Crippen LogP contribution in [0, 0.1) is 0 Å². The van der Waals surface area contributed by atoms with Gasteiger partial charge in [0, 0.05) is 27.5 Å². The summed E-state index contributed by atoms with van der Waals surface area (Å²) < 4.78 is 0.748. The maximum Gasteiger partial charge on any atom is 0.124 e. The van der Waals surface area contributed by atoms with E-state index in [1.165, 1.54) is 6.20 Å². The molecule has 0 spiro atoms. The Morgan fingerprint density at radius 1 is 1.31 bits per heavy atom. The van der Waals surface area contributed by atoms with Gasteiger partial charge in [0.05, 0.1) is 11.9 Å². The van der Waals surface area contributed by atoms with Crippen LogP contribution in [-0.4, -0.2) is 15.1 Å². The molecule has 0 amide bonds. The van der Waals surface area contributed by atoms with Crippen LogP contribution < -0.4 is 0 Å². The maximum atomic E-state index is 10.1. The molecule has 1 N–H and O–H groups in total. The predicted octanol–water partition coefficient (Wildman–Crippen LogP) is 2.97. The van der Waals surface area contributed by atoms with E-state index < -0.39 is 6.10 Å². The fourth-order valence-electron chi connectivity index (χ4n) is 1.33. The molecule has 0 saturated carbocycles. The first kappa shape index (κ1) is 11.5. The minimum atomic E-state index is -0.805. The van der Waals surface area contributed by atoms with Gasteiger partial charge in [-0.3, -0.25) is 9.97 Å². The zero-order valence-corrected chi connectivity index (χ0v) is 10.5. The summed E-state index contributed by atoms with van der Waals surface area (Å²) in [7, 11) is 0. The van der Waals surface area contributed by atoms with Crippen molar-refractivity contribution >= 4 is 27.5 Å². The summed E-state index contributed by atoms with van der Waals surface area (Å²) in [5.41, 5.74) is 1.22. The van der Waals surface area contributed by atoms with E-state index in [2.05, 4.69) is 25.9 Å². The number of nitrogens with zero attached hydrogens (tertiary/aromatic N) is 2. The van der Waals surface area contributed by atoms with Gasteiger partial charge in [-0.2, -0.15) is 0 Å². The van der Waals surface area contributed by atoms with Gasteiger partial charge in [0.25, 0.3) is 0 Å². The SMILES string of the molecule is OC(c1cnccn1)c1ccc(Cl)cc1Br. The quantitative estimate of drug-likeness (QED) is 0.927. The van der Waals surface area contributed by atoms with Crippen molar-refractivity contribution in [2.45, 2.75) is 6.10 Å². The molecule has 1 aromatic carbocycles. The highest BCUT2D eigenvalue weighted by Gasteiger charge is 2.14. The molecule has 1 heterocycles. The summed E-state index contributed by atoms with van der Waals surface area (Å²) in [6, 6.07) is 5.21. The second-order valence-corrected chi connectivity index (χ2v) is 4.49. The smallest absolute Gasteiger partial charge is 0.124 e. The fraction of sp³-hybridized carbons (Fsp3) is 0.0909. The number of aliphatic hydroxyl groups is 1. The van der Waals surface area contributed by atoms with Crippen molar-refractivity contribution in [1.29, 1.82) is 0 Å². The van der Waals surface area contributed by atoms with Crippen LogP contribution in [0.3, 0.4) is 0 Å². The number of benzene rings is 1. The van der Waals surface area contributed by atoms with Crippen LogP contribution in [0.1, 0.15) is 17.4 Å². The fourth-order valence-corrected chi connectivity index (χ4v) is 2.23. The first-order valence-electron chi connectivity index (χ1n) is 4.57. The molecule has 1 atom stereocenters. The minimum Gasteiger partial charge on any atom is -0.382 e. The average molecular weight is 300 g/mol. The van der Waals surface area contributed by atoms with Crippen LogP contribution in [0.4, 0.5) is 0 Å². The molecule has 0 saturated heterocycles. The lowest BCUT2D eigenvalue weighted by atomic mass is 10.1. The van der Waals surface area contributed by atoms with Crippen molar-refractivity contribution in [3.63, 3.8) is 0 Å². The summed E-state index contributed by atoms with van der Waals surface area (Å²) in [6.07, 6.45) is 3.83. The first-order chi connectivity index (χ1) is 7.68. The highest BCUT2D eigenvalue weighted by molar-refractivity contribution is 9.10. The van der Waals surface area contributed by atoms with Crippen molar-refractivity contribution in [3.05, 3.63) is 57.5 Å². The van der Waals surface area contributed by atoms with E-state index in [9.17, 15) is 5.11 Å². The monoisotopic (exact) mass is 298 g/mol. The Morgan fingerprint density at radius 3 is 2.75 bits per heavy atom. The lowest BCUT2D eigenvalue weighted by Crippen LogP contribution is -2.03. The molecule has 2 rings (SSSR count). The van der Waals surface area contributed by atoms with E-state index in [0.717, 1.165) is 4.47 Å². The summed E-state index contributed by atoms with van der Waals surface area (Å²) in [5, 5.41) is 10.7. The van der Waals surface area contributed by atoms with E-state index in [-0.39, 0.29) is 0 Å². The second kappa shape index (κ2) is 4.91. The second-order valence-electron chi connectivity index (χ2n) is 3.20. The summed E-state index contributed by atoms with van der Waals surface area (Å²) >= 11 is 9.18.